The molecule has 1 atom stereocenters. The first-order valence-electron chi connectivity index (χ1n) is 3.72. The maximum atomic E-state index is 10.8. The van der Waals surface area contributed by atoms with E-state index in [1.807, 2.05) is 0 Å². The van der Waals surface area contributed by atoms with Gasteiger partial charge in [-0.15, -0.1) is 0 Å². The number of carbonyl (C=O) groups excluding carboxylic acids is 1. The van der Waals surface area contributed by atoms with Gasteiger partial charge in [0.15, 0.2) is 0 Å². The van der Waals surface area contributed by atoms with Crippen LogP contribution in [-0.2, 0) is 4.74 Å². The minimum absolute atomic E-state index is 0.163. The second-order valence-corrected chi connectivity index (χ2v) is 2.84. The normalized spacial score (nSPS) is 25.1. The van der Waals surface area contributed by atoms with Crippen LogP contribution in [0.4, 0.5) is 4.79 Å². The van der Waals surface area contributed by atoms with Crippen molar-refractivity contribution in [1.29, 1.82) is 0 Å². The second kappa shape index (κ2) is 3.57. The molecule has 1 aliphatic heterocycles. The van der Waals surface area contributed by atoms with Gasteiger partial charge in [0.05, 0.1) is 6.61 Å². The summed E-state index contributed by atoms with van der Waals surface area (Å²) in [7, 11) is 1.70. The summed E-state index contributed by atoms with van der Waals surface area (Å²) < 4.78 is 4.83. The highest BCUT2D eigenvalue weighted by Gasteiger charge is 2.23. The van der Waals surface area contributed by atoms with Crippen LogP contribution in [0.15, 0.2) is 0 Å². The number of carbonyl (C=O) groups is 1. The van der Waals surface area contributed by atoms with E-state index >= 15 is 0 Å². The van der Waals surface area contributed by atoms with Crippen molar-refractivity contribution in [1.82, 2.24) is 4.90 Å². The number of aliphatic hydroxyl groups is 1. The van der Waals surface area contributed by atoms with Crippen LogP contribution in [0.5, 0.6) is 0 Å². The molecule has 64 valence electrons. The molecular weight excluding hydrogens is 146 g/mol. The predicted octanol–water partition coefficient (Wildman–Crippen LogP) is 0.0670. The molecule has 0 saturated carbocycles. The van der Waals surface area contributed by atoms with Crippen molar-refractivity contribution >= 4 is 6.09 Å². The van der Waals surface area contributed by atoms with E-state index in [9.17, 15) is 4.79 Å². The highest BCUT2D eigenvalue weighted by Crippen LogP contribution is 2.11. The topological polar surface area (TPSA) is 49.8 Å². The number of aliphatic hydroxyl groups excluding tert-OH is 1. The molecule has 0 aromatic rings. The van der Waals surface area contributed by atoms with Crippen LogP contribution in [0, 0.1) is 5.92 Å². The highest BCUT2D eigenvalue weighted by atomic mass is 16.6. The Kier molecular flexibility index (Phi) is 2.70. The van der Waals surface area contributed by atoms with Crippen LogP contribution in [-0.4, -0.2) is 42.9 Å². The Bertz CT molecular complexity index is 149. The van der Waals surface area contributed by atoms with Gasteiger partial charge in [0.25, 0.3) is 0 Å². The fraction of sp³-hybridized carbons (Fsp3) is 0.857. The van der Waals surface area contributed by atoms with Crippen LogP contribution in [0.3, 0.4) is 0 Å². The fourth-order valence-electron chi connectivity index (χ4n) is 1.17. The molecule has 0 aromatic heterocycles. The van der Waals surface area contributed by atoms with Gasteiger partial charge in [0.1, 0.15) is 0 Å². The van der Waals surface area contributed by atoms with Gasteiger partial charge < -0.3 is 14.7 Å². The molecule has 0 radical (unpaired) electrons. The van der Waals surface area contributed by atoms with Gasteiger partial charge in [-0.05, 0) is 6.42 Å². The van der Waals surface area contributed by atoms with Crippen molar-refractivity contribution < 1.29 is 14.6 Å². The number of amides is 1. The number of hydrogen-bond donors (Lipinski definition) is 1. The summed E-state index contributed by atoms with van der Waals surface area (Å²) in [5.74, 6) is 0.294. The van der Waals surface area contributed by atoms with Crippen LogP contribution in [0.2, 0.25) is 0 Å². The van der Waals surface area contributed by atoms with Gasteiger partial charge in [0.2, 0.25) is 0 Å². The molecule has 1 heterocycles. The van der Waals surface area contributed by atoms with Gasteiger partial charge in [-0.2, -0.15) is 0 Å². The molecular formula is C7H13NO3. The third-order valence-corrected chi connectivity index (χ3v) is 1.82. The molecule has 4 heteroatoms. The Hall–Kier alpha value is -0.770. The number of hydrogen-bond acceptors (Lipinski definition) is 3. The SMILES string of the molecule is CN1CC(CCO)COC1=O. The van der Waals surface area contributed by atoms with E-state index in [1.54, 1.807) is 7.05 Å². The molecule has 0 spiro atoms. The summed E-state index contributed by atoms with van der Waals surface area (Å²) in [6.07, 6.45) is 0.441. The van der Waals surface area contributed by atoms with Gasteiger partial charge in [-0.1, -0.05) is 0 Å². The minimum Gasteiger partial charge on any atom is -0.449 e. The fourth-order valence-corrected chi connectivity index (χ4v) is 1.17. The monoisotopic (exact) mass is 159 g/mol. The highest BCUT2D eigenvalue weighted by molar-refractivity contribution is 5.67. The Morgan fingerprint density at radius 1 is 1.82 bits per heavy atom. The number of ether oxygens (including phenoxy) is 1. The number of cyclic esters (lactones) is 1. The van der Waals surface area contributed by atoms with Gasteiger partial charge in [-0.25, -0.2) is 4.79 Å². The van der Waals surface area contributed by atoms with Crippen molar-refractivity contribution in [3.8, 4) is 0 Å². The average molecular weight is 159 g/mol. The first-order chi connectivity index (χ1) is 5.24. The first kappa shape index (κ1) is 8.33. The maximum absolute atomic E-state index is 10.8. The van der Waals surface area contributed by atoms with Crippen LogP contribution >= 0.6 is 0 Å². The summed E-state index contributed by atoms with van der Waals surface area (Å²) in [4.78, 5) is 12.3. The number of rotatable bonds is 2. The van der Waals surface area contributed by atoms with E-state index in [4.69, 9.17) is 9.84 Å². The Morgan fingerprint density at radius 2 is 2.55 bits per heavy atom. The summed E-state index contributed by atoms with van der Waals surface area (Å²) in [5, 5.41) is 8.61. The zero-order chi connectivity index (χ0) is 8.27. The molecule has 4 nitrogen and oxygen atoms in total. The average Bonchev–Trinajstić information content (AvgIpc) is 1.98. The van der Waals surface area contributed by atoms with E-state index < -0.39 is 0 Å². The Balaban J connectivity index is 2.33. The third-order valence-electron chi connectivity index (χ3n) is 1.82. The largest absolute Gasteiger partial charge is 0.449 e. The zero-order valence-electron chi connectivity index (χ0n) is 6.62. The van der Waals surface area contributed by atoms with Crippen molar-refractivity contribution in [2.75, 3.05) is 26.8 Å². The maximum Gasteiger partial charge on any atom is 0.409 e. The van der Waals surface area contributed by atoms with E-state index in [0.717, 1.165) is 0 Å². The van der Waals surface area contributed by atoms with E-state index in [0.29, 0.717) is 25.5 Å². The smallest absolute Gasteiger partial charge is 0.409 e. The molecule has 1 rings (SSSR count). The van der Waals surface area contributed by atoms with Gasteiger partial charge >= 0.3 is 6.09 Å². The van der Waals surface area contributed by atoms with Crippen molar-refractivity contribution in [3.05, 3.63) is 0 Å². The lowest BCUT2D eigenvalue weighted by Gasteiger charge is -2.28. The molecule has 0 aliphatic carbocycles. The van der Waals surface area contributed by atoms with Crippen LogP contribution in [0.1, 0.15) is 6.42 Å². The molecule has 1 saturated heterocycles. The molecule has 1 aliphatic rings. The van der Waals surface area contributed by atoms with Gasteiger partial charge in [0, 0.05) is 26.1 Å². The lowest BCUT2D eigenvalue weighted by molar-refractivity contribution is 0.0451. The first-order valence-corrected chi connectivity index (χ1v) is 3.72. The molecule has 1 unspecified atom stereocenters. The summed E-state index contributed by atoms with van der Waals surface area (Å²) in [6.45, 7) is 1.30. The summed E-state index contributed by atoms with van der Waals surface area (Å²) >= 11 is 0. The second-order valence-electron chi connectivity index (χ2n) is 2.84. The van der Waals surface area contributed by atoms with E-state index in [1.165, 1.54) is 4.90 Å². The van der Waals surface area contributed by atoms with E-state index in [2.05, 4.69) is 0 Å². The number of nitrogens with zero attached hydrogens (tertiary/aromatic N) is 1. The van der Waals surface area contributed by atoms with E-state index in [-0.39, 0.29) is 12.7 Å². The van der Waals surface area contributed by atoms with Gasteiger partial charge in [-0.3, -0.25) is 0 Å². The lowest BCUT2D eigenvalue weighted by Crippen LogP contribution is -2.40. The lowest BCUT2D eigenvalue weighted by atomic mass is 10.1. The summed E-state index contributed by atoms with van der Waals surface area (Å²) in [6, 6.07) is 0. The summed E-state index contributed by atoms with van der Waals surface area (Å²) in [5.41, 5.74) is 0. The molecule has 1 fully saturated rings. The quantitative estimate of drug-likeness (QED) is 0.620. The molecule has 1 amide bonds. The zero-order valence-corrected chi connectivity index (χ0v) is 6.62. The molecule has 11 heavy (non-hydrogen) atoms. The third kappa shape index (κ3) is 2.08. The molecule has 1 N–H and O–H groups in total. The van der Waals surface area contributed by atoms with Crippen LogP contribution in [0.25, 0.3) is 0 Å². The van der Waals surface area contributed by atoms with Crippen molar-refractivity contribution in [2.24, 2.45) is 5.92 Å². The van der Waals surface area contributed by atoms with Crippen molar-refractivity contribution in [3.63, 3.8) is 0 Å². The Labute approximate surface area is 65.8 Å². The van der Waals surface area contributed by atoms with Crippen LogP contribution < -0.4 is 0 Å². The Morgan fingerprint density at radius 3 is 3.09 bits per heavy atom. The van der Waals surface area contributed by atoms with Crippen molar-refractivity contribution in [2.45, 2.75) is 6.42 Å². The standard InChI is InChI=1S/C7H13NO3/c1-8-4-6(2-3-9)5-11-7(8)10/h6,9H,2-5H2,1H3. The molecule has 0 bridgehead atoms. The predicted molar refractivity (Wildman–Crippen MR) is 39.2 cm³/mol. The molecule has 0 aromatic carbocycles. The minimum atomic E-state index is -0.265.